The van der Waals surface area contributed by atoms with E-state index in [0.717, 1.165) is 5.56 Å². The summed E-state index contributed by atoms with van der Waals surface area (Å²) >= 11 is 5.91. The minimum atomic E-state index is -0.468. The van der Waals surface area contributed by atoms with Crippen LogP contribution >= 0.6 is 11.6 Å². The fraction of sp³-hybridized carbons (Fsp3) is 0.421. The lowest BCUT2D eigenvalue weighted by atomic mass is 10.1. The largest absolute Gasteiger partial charge is 0.370 e. The number of ether oxygens (including phenoxy) is 1. The molecule has 9 heteroatoms. The highest BCUT2D eigenvalue weighted by Crippen LogP contribution is 2.28. The number of anilines is 1. The van der Waals surface area contributed by atoms with Crippen molar-refractivity contribution in [3.63, 3.8) is 0 Å². The van der Waals surface area contributed by atoms with Crippen LogP contribution in [0.15, 0.2) is 29.2 Å². The molecule has 2 aromatic heterocycles. The van der Waals surface area contributed by atoms with Gasteiger partial charge < -0.3 is 9.64 Å². The van der Waals surface area contributed by atoms with Crippen LogP contribution in [0.25, 0.3) is 11.0 Å². The van der Waals surface area contributed by atoms with Crippen molar-refractivity contribution in [1.82, 2.24) is 19.7 Å². The van der Waals surface area contributed by atoms with Gasteiger partial charge in [0.15, 0.2) is 5.65 Å². The monoisotopic (exact) mass is 405 g/mol. The molecular formula is C19H21ClFN5O2. The molecule has 0 bridgehead atoms. The Morgan fingerprint density at radius 3 is 2.86 bits per heavy atom. The molecule has 1 aliphatic rings. The van der Waals surface area contributed by atoms with Gasteiger partial charge in [0, 0.05) is 6.54 Å². The molecule has 0 amide bonds. The molecule has 148 valence electrons. The van der Waals surface area contributed by atoms with Crippen molar-refractivity contribution in [2.24, 2.45) is 0 Å². The Balaban J connectivity index is 1.69. The first-order chi connectivity index (χ1) is 13.2. The van der Waals surface area contributed by atoms with Crippen LogP contribution < -0.4 is 10.5 Å². The van der Waals surface area contributed by atoms with E-state index in [1.807, 2.05) is 25.7 Å². The first kappa shape index (κ1) is 18.9. The van der Waals surface area contributed by atoms with Crippen molar-refractivity contribution < 1.29 is 9.13 Å². The summed E-state index contributed by atoms with van der Waals surface area (Å²) in [5, 5.41) is 4.84. The molecule has 7 nitrogen and oxygen atoms in total. The van der Waals surface area contributed by atoms with Crippen molar-refractivity contribution in [3.05, 3.63) is 51.2 Å². The van der Waals surface area contributed by atoms with E-state index in [2.05, 4.69) is 15.1 Å². The summed E-state index contributed by atoms with van der Waals surface area (Å²) < 4.78 is 21.0. The van der Waals surface area contributed by atoms with Gasteiger partial charge in [-0.2, -0.15) is 10.1 Å². The Bertz CT molecular complexity index is 1090. The summed E-state index contributed by atoms with van der Waals surface area (Å²) in [5.41, 5.74) is 0.778. The van der Waals surface area contributed by atoms with Crippen LogP contribution in [0.5, 0.6) is 0 Å². The van der Waals surface area contributed by atoms with Crippen LogP contribution in [0, 0.1) is 5.82 Å². The second-order valence-electron chi connectivity index (χ2n) is 7.83. The number of fused-ring (bicyclic) bond motifs is 1. The summed E-state index contributed by atoms with van der Waals surface area (Å²) in [7, 11) is 0. The minimum Gasteiger partial charge on any atom is -0.370 e. The van der Waals surface area contributed by atoms with Gasteiger partial charge in [-0.15, -0.1) is 0 Å². The second kappa shape index (κ2) is 6.86. The van der Waals surface area contributed by atoms with Gasteiger partial charge in [0.2, 0.25) is 5.95 Å². The van der Waals surface area contributed by atoms with E-state index in [-0.39, 0.29) is 22.2 Å². The van der Waals surface area contributed by atoms with Gasteiger partial charge >= 0.3 is 0 Å². The third-order valence-electron chi connectivity index (χ3n) is 4.74. The van der Waals surface area contributed by atoms with Crippen LogP contribution in [0.3, 0.4) is 0 Å². The third kappa shape index (κ3) is 3.38. The molecule has 1 saturated heterocycles. The van der Waals surface area contributed by atoms with Crippen LogP contribution in [0.4, 0.5) is 10.3 Å². The van der Waals surface area contributed by atoms with Crippen LogP contribution in [0.1, 0.15) is 32.4 Å². The second-order valence-corrected chi connectivity index (χ2v) is 8.24. The minimum absolute atomic E-state index is 0.0558. The van der Waals surface area contributed by atoms with Gasteiger partial charge in [0.1, 0.15) is 17.3 Å². The number of benzene rings is 1. The maximum absolute atomic E-state index is 13.5. The molecule has 28 heavy (non-hydrogen) atoms. The molecule has 0 radical (unpaired) electrons. The molecule has 0 spiro atoms. The summed E-state index contributed by atoms with van der Waals surface area (Å²) in [6.07, 6.45) is 1.24. The highest BCUT2D eigenvalue weighted by atomic mass is 35.5. The number of aromatic nitrogens is 4. The topological polar surface area (TPSA) is 76.0 Å². The predicted octanol–water partition coefficient (Wildman–Crippen LogP) is 3.25. The number of halogens is 2. The normalized spacial score (nSPS) is 18.0. The lowest BCUT2D eigenvalue weighted by Crippen LogP contribution is -2.40. The Kier molecular flexibility index (Phi) is 4.63. The van der Waals surface area contributed by atoms with Crippen molar-refractivity contribution in [2.45, 2.75) is 32.4 Å². The standard InChI is InChI=1S/C19H21ClFN5O2/c1-19(2,3)26-16-12(9-22-26)17(27)24-18(23-16)25-6-7-28-15(10-25)11-4-5-14(21)13(20)8-11/h4-5,8-9,15H,6-7,10H2,1-3H3,(H,23,24,27). The van der Waals surface area contributed by atoms with E-state index in [9.17, 15) is 9.18 Å². The number of hydrogen-bond donors (Lipinski definition) is 1. The van der Waals surface area contributed by atoms with E-state index < -0.39 is 5.82 Å². The average Bonchev–Trinajstić information content (AvgIpc) is 3.09. The Morgan fingerprint density at radius 2 is 2.14 bits per heavy atom. The number of nitrogens with one attached hydrogen (secondary N) is 1. The number of nitrogens with zero attached hydrogens (tertiary/aromatic N) is 4. The lowest BCUT2D eigenvalue weighted by molar-refractivity contribution is 0.0392. The molecule has 1 N–H and O–H groups in total. The molecule has 3 heterocycles. The van der Waals surface area contributed by atoms with Crippen molar-refractivity contribution in [2.75, 3.05) is 24.6 Å². The van der Waals surface area contributed by atoms with Crippen LogP contribution in [-0.4, -0.2) is 39.4 Å². The first-order valence-electron chi connectivity index (χ1n) is 9.04. The van der Waals surface area contributed by atoms with E-state index in [1.54, 1.807) is 23.0 Å². The number of rotatable bonds is 2. The van der Waals surface area contributed by atoms with Crippen molar-refractivity contribution in [1.29, 1.82) is 0 Å². The Morgan fingerprint density at radius 1 is 1.36 bits per heavy atom. The number of H-pyrrole nitrogens is 1. The zero-order chi connectivity index (χ0) is 20.1. The quantitative estimate of drug-likeness (QED) is 0.708. The van der Waals surface area contributed by atoms with Gasteiger partial charge in [-0.1, -0.05) is 17.7 Å². The first-order valence-corrected chi connectivity index (χ1v) is 9.42. The highest BCUT2D eigenvalue weighted by Gasteiger charge is 2.26. The molecular weight excluding hydrogens is 385 g/mol. The summed E-state index contributed by atoms with van der Waals surface area (Å²) in [6.45, 7) is 7.49. The Hall–Kier alpha value is -2.45. The van der Waals surface area contributed by atoms with Crippen molar-refractivity contribution in [3.8, 4) is 0 Å². The van der Waals surface area contributed by atoms with E-state index in [0.29, 0.717) is 36.7 Å². The van der Waals surface area contributed by atoms with Crippen LogP contribution in [0.2, 0.25) is 5.02 Å². The molecule has 1 fully saturated rings. The number of morpholine rings is 1. The molecule has 1 atom stereocenters. The third-order valence-corrected chi connectivity index (χ3v) is 5.03. The van der Waals surface area contributed by atoms with E-state index in [4.69, 9.17) is 16.3 Å². The molecule has 3 aromatic rings. The zero-order valence-corrected chi connectivity index (χ0v) is 16.6. The number of aromatic amines is 1. The van der Waals surface area contributed by atoms with Gasteiger partial charge in [0.25, 0.3) is 5.56 Å². The average molecular weight is 406 g/mol. The lowest BCUT2D eigenvalue weighted by Gasteiger charge is -2.33. The fourth-order valence-electron chi connectivity index (χ4n) is 3.30. The fourth-order valence-corrected chi connectivity index (χ4v) is 3.49. The molecule has 1 aromatic carbocycles. The molecule has 1 unspecified atom stereocenters. The molecule has 0 aliphatic carbocycles. The smallest absolute Gasteiger partial charge is 0.263 e. The van der Waals surface area contributed by atoms with Gasteiger partial charge in [-0.05, 0) is 38.5 Å². The maximum atomic E-state index is 13.5. The van der Waals surface area contributed by atoms with Gasteiger partial charge in [0.05, 0.1) is 29.9 Å². The molecule has 0 saturated carbocycles. The highest BCUT2D eigenvalue weighted by molar-refractivity contribution is 6.30. The van der Waals surface area contributed by atoms with E-state index in [1.165, 1.54) is 6.07 Å². The zero-order valence-electron chi connectivity index (χ0n) is 15.9. The summed E-state index contributed by atoms with van der Waals surface area (Å²) in [4.78, 5) is 22.0. The van der Waals surface area contributed by atoms with E-state index >= 15 is 0 Å². The van der Waals surface area contributed by atoms with Crippen LogP contribution in [-0.2, 0) is 10.3 Å². The summed E-state index contributed by atoms with van der Waals surface area (Å²) in [6, 6.07) is 4.55. The maximum Gasteiger partial charge on any atom is 0.263 e. The Labute approximate surface area is 166 Å². The van der Waals surface area contributed by atoms with Gasteiger partial charge in [-0.25, -0.2) is 9.07 Å². The number of hydrogen-bond acceptors (Lipinski definition) is 5. The van der Waals surface area contributed by atoms with Crippen molar-refractivity contribution >= 4 is 28.6 Å². The predicted molar refractivity (Wildman–Crippen MR) is 105 cm³/mol. The van der Waals surface area contributed by atoms with Gasteiger partial charge in [-0.3, -0.25) is 9.78 Å². The SMILES string of the molecule is CC(C)(C)n1ncc2c(=O)[nH]c(N3CCOC(c4ccc(F)c(Cl)c4)C3)nc21. The summed E-state index contributed by atoms with van der Waals surface area (Å²) in [5.74, 6) is -0.00465. The molecule has 1 aliphatic heterocycles. The molecule has 4 rings (SSSR count).